The van der Waals surface area contributed by atoms with Crippen molar-refractivity contribution in [1.82, 2.24) is 0 Å². The van der Waals surface area contributed by atoms with Gasteiger partial charge in [-0.15, -0.1) is 0 Å². The summed E-state index contributed by atoms with van der Waals surface area (Å²) in [5.74, 6) is 0.720. The highest BCUT2D eigenvalue weighted by Gasteiger charge is 2.40. The van der Waals surface area contributed by atoms with E-state index in [2.05, 4.69) is 216 Å². The van der Waals surface area contributed by atoms with Crippen molar-refractivity contribution >= 4 is 46.0 Å². The molecule has 6 aromatic carbocycles. The van der Waals surface area contributed by atoms with E-state index in [1.54, 1.807) is 5.57 Å². The number of nitrogens with zero attached hydrogens (tertiary/aromatic N) is 1. The monoisotopic (exact) mass is 925 g/mol. The van der Waals surface area contributed by atoms with Crippen molar-refractivity contribution in [2.24, 2.45) is 11.3 Å². The summed E-state index contributed by atoms with van der Waals surface area (Å²) in [4.78, 5) is 2.54. The second kappa shape index (κ2) is 17.5. The SMILES string of the molecule is Cc1cc2c(cc1N(C)c1ccc3c(c1Bc1cc4ccccc4cc1-c1cc4c(cc1NC1=CC=C(C(C)(C)CCC(C)C)CC1)C(C)(C)CCC4(C)C)-c1ccccc1C3)C(C)(C)CCC2(C)C. The van der Waals surface area contributed by atoms with Gasteiger partial charge in [-0.25, -0.2) is 0 Å². The highest BCUT2D eigenvalue weighted by Crippen LogP contribution is 2.51. The van der Waals surface area contributed by atoms with Crippen molar-refractivity contribution in [1.29, 1.82) is 0 Å². The molecule has 0 atom stereocenters. The molecule has 0 unspecified atom stereocenters. The second-order valence-corrected chi connectivity index (χ2v) is 26.0. The molecule has 0 saturated heterocycles. The Morgan fingerprint density at radius 2 is 1.21 bits per heavy atom. The molecular formula is C67H81BN2. The number of nitrogens with one attached hydrogen (secondary N) is 1. The van der Waals surface area contributed by atoms with Crippen LogP contribution in [0.15, 0.2) is 120 Å². The zero-order valence-electron chi connectivity index (χ0n) is 45.5. The van der Waals surface area contributed by atoms with Crippen LogP contribution in [-0.4, -0.2) is 14.3 Å². The van der Waals surface area contributed by atoms with Gasteiger partial charge in [-0.3, -0.25) is 0 Å². The third-order valence-electron chi connectivity index (χ3n) is 18.2. The minimum Gasteiger partial charge on any atom is -0.358 e. The van der Waals surface area contributed by atoms with Crippen molar-refractivity contribution < 1.29 is 0 Å². The largest absolute Gasteiger partial charge is 0.358 e. The number of hydrogen-bond donors (Lipinski definition) is 1. The molecule has 0 amide bonds. The van der Waals surface area contributed by atoms with E-state index >= 15 is 0 Å². The average Bonchev–Trinajstić information content (AvgIpc) is 3.70. The summed E-state index contributed by atoms with van der Waals surface area (Å²) in [6, 6.07) is 38.5. The van der Waals surface area contributed by atoms with Gasteiger partial charge >= 0.3 is 0 Å². The zero-order chi connectivity index (χ0) is 49.7. The van der Waals surface area contributed by atoms with Gasteiger partial charge in [-0.1, -0.05) is 173 Å². The van der Waals surface area contributed by atoms with Crippen molar-refractivity contribution in [3.63, 3.8) is 0 Å². The van der Waals surface area contributed by atoms with Crippen LogP contribution in [0.1, 0.15) is 173 Å². The molecule has 10 rings (SSSR count). The molecule has 70 heavy (non-hydrogen) atoms. The Hall–Kier alpha value is -5.28. The van der Waals surface area contributed by atoms with Gasteiger partial charge in [0.15, 0.2) is 7.28 Å². The fraction of sp³-hybridized carbons (Fsp3) is 0.433. The Kier molecular flexibility index (Phi) is 12.1. The van der Waals surface area contributed by atoms with Crippen LogP contribution in [0.25, 0.3) is 33.0 Å². The second-order valence-electron chi connectivity index (χ2n) is 26.0. The number of anilines is 3. The average molecular weight is 925 g/mol. The lowest BCUT2D eigenvalue weighted by Gasteiger charge is -2.43. The Balaban J connectivity index is 1.17. The maximum atomic E-state index is 4.18. The zero-order valence-corrected chi connectivity index (χ0v) is 45.5. The van der Waals surface area contributed by atoms with E-state index < -0.39 is 0 Å². The number of fused-ring (bicyclic) bond motifs is 6. The van der Waals surface area contributed by atoms with Gasteiger partial charge < -0.3 is 10.2 Å². The molecule has 0 bridgehead atoms. The summed E-state index contributed by atoms with van der Waals surface area (Å²) in [5, 5.41) is 6.76. The van der Waals surface area contributed by atoms with Gasteiger partial charge in [0.2, 0.25) is 0 Å². The number of aryl methyl sites for hydroxylation is 1. The lowest BCUT2D eigenvalue weighted by atomic mass is 9.58. The van der Waals surface area contributed by atoms with Crippen LogP contribution in [0.5, 0.6) is 0 Å². The van der Waals surface area contributed by atoms with Crippen LogP contribution < -0.4 is 21.1 Å². The molecule has 0 radical (unpaired) electrons. The maximum absolute atomic E-state index is 4.18. The first kappa shape index (κ1) is 48.4. The van der Waals surface area contributed by atoms with E-state index in [1.807, 2.05) is 0 Å². The van der Waals surface area contributed by atoms with Crippen molar-refractivity contribution in [2.45, 2.75) is 169 Å². The van der Waals surface area contributed by atoms with Gasteiger partial charge in [0.1, 0.15) is 0 Å². The van der Waals surface area contributed by atoms with Crippen molar-refractivity contribution in [3.05, 3.63) is 159 Å². The molecule has 0 heterocycles. The summed E-state index contributed by atoms with van der Waals surface area (Å²) < 4.78 is 0. The smallest absolute Gasteiger partial charge is 0.196 e. The fourth-order valence-corrected chi connectivity index (χ4v) is 13.1. The first-order valence-corrected chi connectivity index (χ1v) is 27.0. The quantitative estimate of drug-likeness (QED) is 0.130. The van der Waals surface area contributed by atoms with Crippen LogP contribution in [0.3, 0.4) is 0 Å². The van der Waals surface area contributed by atoms with Gasteiger partial charge in [-0.2, -0.15) is 0 Å². The molecule has 1 N–H and O–H groups in total. The molecule has 4 aliphatic carbocycles. The molecule has 2 nitrogen and oxygen atoms in total. The molecule has 0 saturated carbocycles. The third-order valence-corrected chi connectivity index (χ3v) is 18.2. The number of hydrogen-bond acceptors (Lipinski definition) is 2. The maximum Gasteiger partial charge on any atom is 0.196 e. The van der Waals surface area contributed by atoms with Gasteiger partial charge in [0, 0.05) is 35.4 Å². The first-order valence-electron chi connectivity index (χ1n) is 27.0. The lowest BCUT2D eigenvalue weighted by molar-refractivity contribution is 0.332. The Bertz CT molecular complexity index is 3110. The van der Waals surface area contributed by atoms with Crippen molar-refractivity contribution in [2.75, 3.05) is 17.3 Å². The van der Waals surface area contributed by atoms with E-state index in [1.165, 1.54) is 144 Å². The predicted octanol–water partition coefficient (Wildman–Crippen LogP) is 16.7. The van der Waals surface area contributed by atoms with E-state index in [0.29, 0.717) is 0 Å². The molecular weight excluding hydrogens is 844 g/mol. The number of allylic oxidation sites excluding steroid dienone is 4. The Labute approximate surface area is 423 Å². The van der Waals surface area contributed by atoms with Gasteiger partial charge in [0.05, 0.1) is 0 Å². The van der Waals surface area contributed by atoms with Crippen LogP contribution >= 0.6 is 0 Å². The summed E-state index contributed by atoms with van der Waals surface area (Å²) >= 11 is 0. The third kappa shape index (κ3) is 8.70. The summed E-state index contributed by atoms with van der Waals surface area (Å²) in [7, 11) is 3.15. The van der Waals surface area contributed by atoms with Crippen LogP contribution in [0.4, 0.5) is 17.1 Å². The number of rotatable bonds is 11. The normalized spacial score (nSPS) is 18.3. The Morgan fingerprint density at radius 1 is 0.614 bits per heavy atom. The molecule has 0 spiro atoms. The van der Waals surface area contributed by atoms with Crippen LogP contribution in [0, 0.1) is 18.3 Å². The topological polar surface area (TPSA) is 15.3 Å². The molecule has 3 heteroatoms. The lowest BCUT2D eigenvalue weighted by Crippen LogP contribution is -2.36. The van der Waals surface area contributed by atoms with Crippen LogP contribution in [-0.2, 0) is 28.1 Å². The highest BCUT2D eigenvalue weighted by molar-refractivity contribution is 6.72. The minimum atomic E-state index is 0.0643. The van der Waals surface area contributed by atoms with E-state index in [4.69, 9.17) is 0 Å². The summed E-state index contributed by atoms with van der Waals surface area (Å²) in [6.07, 6.45) is 15.2. The van der Waals surface area contributed by atoms with Crippen LogP contribution in [0.2, 0.25) is 0 Å². The van der Waals surface area contributed by atoms with E-state index in [9.17, 15) is 0 Å². The molecule has 0 aliphatic heterocycles. The first-order chi connectivity index (χ1) is 33.0. The summed E-state index contributed by atoms with van der Waals surface area (Å²) in [5.41, 5.74) is 25.9. The highest BCUT2D eigenvalue weighted by atomic mass is 15.1. The molecule has 0 fully saturated rings. The van der Waals surface area contributed by atoms with E-state index in [0.717, 1.165) is 32.5 Å². The predicted molar refractivity (Wildman–Crippen MR) is 307 cm³/mol. The summed E-state index contributed by atoms with van der Waals surface area (Å²) in [6.45, 7) is 31.7. The molecule has 6 aromatic rings. The molecule has 0 aromatic heterocycles. The van der Waals surface area contributed by atoms with Gasteiger partial charge in [0.25, 0.3) is 0 Å². The standard InChI is InChI=1S/C67H81BN2/c1-42(2)29-30-63(4,5)48-24-26-49(27-25-48)69-58-40-55-54(65(8,9)32-33-66(55,10)11)39-52(58)51-37-44-19-15-16-20-45(44)38-57(51)68-62-59(28-23-47-36-46-21-17-18-22-50(46)61(47)62)70(14)60-41-56-53(35-43(60)3)64(6,7)31-34-67(56,12)13/h15-24,26,28,35,37-42,68-69H,25,27,29-34,36H2,1-14H3. The Morgan fingerprint density at radius 3 is 1.86 bits per heavy atom. The van der Waals surface area contributed by atoms with Gasteiger partial charge in [-0.05, 0) is 200 Å². The number of benzene rings is 6. The fourth-order valence-electron chi connectivity index (χ4n) is 13.1. The molecule has 4 aliphatic rings. The minimum absolute atomic E-state index is 0.0643. The van der Waals surface area contributed by atoms with E-state index in [-0.39, 0.29) is 27.1 Å². The molecule has 362 valence electrons. The van der Waals surface area contributed by atoms with Crippen molar-refractivity contribution in [3.8, 4) is 22.3 Å².